The van der Waals surface area contributed by atoms with Crippen molar-refractivity contribution in [2.75, 3.05) is 23.8 Å². The van der Waals surface area contributed by atoms with Gasteiger partial charge in [0.25, 0.3) is 5.91 Å². The maximum atomic E-state index is 13.2. The van der Waals surface area contributed by atoms with E-state index in [0.29, 0.717) is 5.82 Å². The van der Waals surface area contributed by atoms with Gasteiger partial charge in [0.1, 0.15) is 0 Å². The van der Waals surface area contributed by atoms with Gasteiger partial charge in [-0.25, -0.2) is 8.78 Å². The predicted molar refractivity (Wildman–Crippen MR) is 97.6 cm³/mol. The van der Waals surface area contributed by atoms with E-state index in [-0.39, 0.29) is 11.4 Å². The number of aromatic nitrogens is 3. The summed E-state index contributed by atoms with van der Waals surface area (Å²) in [5.41, 5.74) is 1.16. The molecule has 1 amide bonds. The van der Waals surface area contributed by atoms with Crippen LogP contribution in [0.4, 0.5) is 20.4 Å². The molecule has 3 aromatic rings. The third-order valence-electron chi connectivity index (χ3n) is 3.95. The van der Waals surface area contributed by atoms with Gasteiger partial charge in [0.05, 0.1) is 0 Å². The van der Waals surface area contributed by atoms with Gasteiger partial charge in [-0.3, -0.25) is 9.78 Å². The van der Waals surface area contributed by atoms with Crippen molar-refractivity contribution in [1.29, 1.82) is 0 Å². The molecule has 0 atom stereocenters. The normalized spacial score (nSPS) is 10.5. The number of halogens is 2. The van der Waals surface area contributed by atoms with Gasteiger partial charge in [-0.15, -0.1) is 10.2 Å². The van der Waals surface area contributed by atoms with Gasteiger partial charge in [-0.2, -0.15) is 0 Å². The number of pyridine rings is 1. The SMILES string of the molecule is CN(CCc1ccncc1)c1ccc(NC(=O)c2ccc(F)c(F)c2)nn1. The first-order valence-electron chi connectivity index (χ1n) is 8.23. The third-order valence-corrected chi connectivity index (χ3v) is 3.95. The van der Waals surface area contributed by atoms with Crippen molar-refractivity contribution in [3.63, 3.8) is 0 Å². The van der Waals surface area contributed by atoms with Crippen molar-refractivity contribution < 1.29 is 13.6 Å². The first-order valence-corrected chi connectivity index (χ1v) is 8.23. The molecule has 3 rings (SSSR count). The zero-order valence-electron chi connectivity index (χ0n) is 14.6. The smallest absolute Gasteiger partial charge is 0.256 e. The Balaban J connectivity index is 1.59. The van der Waals surface area contributed by atoms with E-state index in [1.807, 2.05) is 24.1 Å². The molecule has 0 radical (unpaired) electrons. The van der Waals surface area contributed by atoms with Crippen molar-refractivity contribution in [3.05, 3.63) is 77.6 Å². The Labute approximate surface area is 154 Å². The molecular formula is C19H17F2N5O. The lowest BCUT2D eigenvalue weighted by atomic mass is 10.2. The molecule has 0 unspecified atom stereocenters. The fourth-order valence-electron chi connectivity index (χ4n) is 2.38. The maximum Gasteiger partial charge on any atom is 0.256 e. The van der Waals surface area contributed by atoms with Crippen LogP contribution in [0.1, 0.15) is 15.9 Å². The lowest BCUT2D eigenvalue weighted by Crippen LogP contribution is -2.22. The zero-order chi connectivity index (χ0) is 19.2. The fraction of sp³-hybridized carbons (Fsp3) is 0.158. The number of hydrogen-bond donors (Lipinski definition) is 1. The standard InChI is InChI=1S/C19H17F2N5O/c1-26(11-8-13-6-9-22-10-7-13)18-5-4-17(24-25-18)23-19(27)14-2-3-15(20)16(21)12-14/h2-7,9-10,12H,8,11H2,1H3,(H,23,24,27). The summed E-state index contributed by atoms with van der Waals surface area (Å²) in [6.07, 6.45) is 4.33. The molecule has 0 spiro atoms. The summed E-state index contributed by atoms with van der Waals surface area (Å²) in [5, 5.41) is 10.5. The summed E-state index contributed by atoms with van der Waals surface area (Å²) in [6, 6.07) is 10.2. The highest BCUT2D eigenvalue weighted by Crippen LogP contribution is 2.13. The molecule has 27 heavy (non-hydrogen) atoms. The van der Waals surface area contributed by atoms with Crippen LogP contribution in [0.2, 0.25) is 0 Å². The van der Waals surface area contributed by atoms with E-state index in [9.17, 15) is 13.6 Å². The summed E-state index contributed by atoms with van der Waals surface area (Å²) in [7, 11) is 1.89. The second-order valence-electron chi connectivity index (χ2n) is 5.89. The number of carbonyl (C=O) groups excluding carboxylic acids is 1. The molecule has 2 aromatic heterocycles. The highest BCUT2D eigenvalue weighted by molar-refractivity contribution is 6.03. The van der Waals surface area contributed by atoms with Crippen LogP contribution in [0.25, 0.3) is 0 Å². The van der Waals surface area contributed by atoms with Gasteiger partial charge in [-0.05, 0) is 54.4 Å². The van der Waals surface area contributed by atoms with Crippen LogP contribution in [-0.2, 0) is 6.42 Å². The van der Waals surface area contributed by atoms with Gasteiger partial charge >= 0.3 is 0 Å². The van der Waals surface area contributed by atoms with Crippen LogP contribution in [0.5, 0.6) is 0 Å². The molecule has 0 aliphatic heterocycles. The van der Waals surface area contributed by atoms with Crippen LogP contribution >= 0.6 is 0 Å². The van der Waals surface area contributed by atoms with Crippen molar-refractivity contribution in [2.45, 2.75) is 6.42 Å². The minimum absolute atomic E-state index is 0.00533. The minimum atomic E-state index is -1.08. The van der Waals surface area contributed by atoms with E-state index in [4.69, 9.17) is 0 Å². The Kier molecular flexibility index (Phi) is 5.65. The lowest BCUT2D eigenvalue weighted by Gasteiger charge is -2.17. The van der Waals surface area contributed by atoms with E-state index in [2.05, 4.69) is 20.5 Å². The predicted octanol–water partition coefficient (Wildman–Crippen LogP) is 3.08. The van der Waals surface area contributed by atoms with Crippen LogP contribution in [0.3, 0.4) is 0 Å². The minimum Gasteiger partial charge on any atom is -0.358 e. The van der Waals surface area contributed by atoms with Crippen LogP contribution in [0, 0.1) is 11.6 Å². The highest BCUT2D eigenvalue weighted by Gasteiger charge is 2.11. The number of rotatable bonds is 6. The average Bonchev–Trinajstić information content (AvgIpc) is 2.69. The summed E-state index contributed by atoms with van der Waals surface area (Å²) >= 11 is 0. The van der Waals surface area contributed by atoms with Crippen molar-refractivity contribution in [2.24, 2.45) is 0 Å². The van der Waals surface area contributed by atoms with E-state index in [1.54, 1.807) is 24.5 Å². The van der Waals surface area contributed by atoms with Crippen LogP contribution < -0.4 is 10.2 Å². The van der Waals surface area contributed by atoms with Gasteiger partial charge < -0.3 is 10.2 Å². The van der Waals surface area contributed by atoms with Crippen molar-refractivity contribution >= 4 is 17.5 Å². The number of carbonyl (C=O) groups is 1. The number of anilines is 2. The first kappa shape index (κ1) is 18.4. The molecule has 0 aliphatic rings. The number of hydrogen-bond acceptors (Lipinski definition) is 5. The third kappa shape index (κ3) is 4.81. The van der Waals surface area contributed by atoms with E-state index >= 15 is 0 Å². The quantitative estimate of drug-likeness (QED) is 0.723. The molecule has 0 saturated carbocycles. The monoisotopic (exact) mass is 369 g/mol. The van der Waals surface area contributed by atoms with Crippen molar-refractivity contribution in [1.82, 2.24) is 15.2 Å². The molecule has 0 fully saturated rings. The topological polar surface area (TPSA) is 71.0 Å². The Bertz CT molecular complexity index is 919. The molecule has 8 heteroatoms. The molecule has 138 valence electrons. The number of amides is 1. The molecule has 0 aliphatic carbocycles. The Morgan fingerprint density at radius 1 is 1.04 bits per heavy atom. The van der Waals surface area contributed by atoms with E-state index < -0.39 is 17.5 Å². The molecule has 0 bridgehead atoms. The van der Waals surface area contributed by atoms with Crippen LogP contribution in [-0.4, -0.2) is 34.7 Å². The zero-order valence-corrected chi connectivity index (χ0v) is 14.6. The average molecular weight is 369 g/mol. The molecule has 2 heterocycles. The number of nitrogens with one attached hydrogen (secondary N) is 1. The molecule has 1 N–H and O–H groups in total. The van der Waals surface area contributed by atoms with Crippen molar-refractivity contribution in [3.8, 4) is 0 Å². The number of benzene rings is 1. The lowest BCUT2D eigenvalue weighted by molar-refractivity contribution is 0.102. The van der Waals surface area contributed by atoms with Gasteiger partial charge in [-0.1, -0.05) is 0 Å². The maximum absolute atomic E-state index is 13.2. The van der Waals surface area contributed by atoms with Gasteiger partial charge in [0.15, 0.2) is 23.3 Å². The second kappa shape index (κ2) is 8.31. The second-order valence-corrected chi connectivity index (χ2v) is 5.89. The fourth-order valence-corrected chi connectivity index (χ4v) is 2.38. The molecule has 1 aromatic carbocycles. The summed E-state index contributed by atoms with van der Waals surface area (Å²) in [4.78, 5) is 18.0. The molecular weight excluding hydrogens is 352 g/mol. The summed E-state index contributed by atoms with van der Waals surface area (Å²) in [6.45, 7) is 0.735. The Morgan fingerprint density at radius 2 is 1.81 bits per heavy atom. The molecule has 6 nitrogen and oxygen atoms in total. The number of likely N-dealkylation sites (N-methyl/N-ethyl adjacent to an activating group) is 1. The summed E-state index contributed by atoms with van der Waals surface area (Å²) < 4.78 is 26.2. The molecule has 0 saturated heterocycles. The highest BCUT2D eigenvalue weighted by atomic mass is 19.2. The Morgan fingerprint density at radius 3 is 2.48 bits per heavy atom. The van der Waals surface area contributed by atoms with Gasteiger partial charge in [0.2, 0.25) is 0 Å². The Hall–Kier alpha value is -3.42. The largest absolute Gasteiger partial charge is 0.358 e. The summed E-state index contributed by atoms with van der Waals surface area (Å²) in [5.74, 6) is -1.82. The first-order chi connectivity index (χ1) is 13.0. The number of nitrogens with zero attached hydrogens (tertiary/aromatic N) is 4. The van der Waals surface area contributed by atoms with E-state index in [0.717, 1.165) is 25.1 Å². The van der Waals surface area contributed by atoms with Gasteiger partial charge in [0, 0.05) is 31.5 Å². The van der Waals surface area contributed by atoms with E-state index in [1.165, 1.54) is 11.6 Å². The van der Waals surface area contributed by atoms with Crippen LogP contribution in [0.15, 0.2) is 54.9 Å².